The second kappa shape index (κ2) is 5.87. The third kappa shape index (κ3) is 3.44. The number of hydrogen-bond donors (Lipinski definition) is 0. The Morgan fingerprint density at radius 3 is 2.63 bits per heavy atom. The van der Waals surface area contributed by atoms with Gasteiger partial charge in [-0.05, 0) is 44.3 Å². The minimum Gasteiger partial charge on any atom is -0.349 e. The number of allylic oxidation sites excluding steroid dienone is 1. The topological polar surface area (TPSA) is 35.9 Å². The van der Waals surface area contributed by atoms with E-state index in [1.807, 2.05) is 26.4 Å². The zero-order valence-corrected chi connectivity index (χ0v) is 12.3. The summed E-state index contributed by atoms with van der Waals surface area (Å²) in [6.07, 6.45) is 10.2. The largest absolute Gasteiger partial charge is 0.349 e. The molecule has 19 heavy (non-hydrogen) atoms. The zero-order chi connectivity index (χ0) is 13.9. The Labute approximate surface area is 116 Å². The standard InChI is InChI=1S/C15H25N3O/c1-15(9-4-10-16-15)18-11-7-13(8-12-18)5-6-14(19)17(2)3/h4,9-10,13H,5-8,11-12H2,1-3H3. The van der Waals surface area contributed by atoms with Crippen molar-refractivity contribution in [3.05, 3.63) is 12.2 Å². The van der Waals surface area contributed by atoms with Gasteiger partial charge in [-0.25, -0.2) is 0 Å². The van der Waals surface area contributed by atoms with Gasteiger partial charge in [-0.3, -0.25) is 14.7 Å². The highest BCUT2D eigenvalue weighted by molar-refractivity contribution is 5.75. The molecule has 0 saturated carbocycles. The first-order chi connectivity index (χ1) is 9.01. The summed E-state index contributed by atoms with van der Waals surface area (Å²) >= 11 is 0. The van der Waals surface area contributed by atoms with Gasteiger partial charge in [0.2, 0.25) is 5.91 Å². The summed E-state index contributed by atoms with van der Waals surface area (Å²) in [7, 11) is 3.66. The van der Waals surface area contributed by atoms with Gasteiger partial charge in [0.25, 0.3) is 0 Å². The molecule has 2 heterocycles. The molecular formula is C15H25N3O. The fraction of sp³-hybridized carbons (Fsp3) is 0.733. The van der Waals surface area contributed by atoms with Crippen LogP contribution in [0.15, 0.2) is 17.1 Å². The van der Waals surface area contributed by atoms with E-state index < -0.39 is 0 Å². The fourth-order valence-corrected chi connectivity index (χ4v) is 2.87. The fourth-order valence-electron chi connectivity index (χ4n) is 2.87. The summed E-state index contributed by atoms with van der Waals surface area (Å²) in [5.41, 5.74) is -0.121. The molecule has 0 N–H and O–H groups in total. The van der Waals surface area contributed by atoms with Gasteiger partial charge in [0.1, 0.15) is 5.66 Å². The summed E-state index contributed by atoms with van der Waals surface area (Å²) in [4.78, 5) is 20.3. The molecule has 2 rings (SSSR count). The van der Waals surface area contributed by atoms with Crippen molar-refractivity contribution in [2.24, 2.45) is 10.9 Å². The average molecular weight is 263 g/mol. The molecule has 0 aliphatic carbocycles. The van der Waals surface area contributed by atoms with E-state index in [0.29, 0.717) is 12.3 Å². The normalized spacial score (nSPS) is 27.9. The van der Waals surface area contributed by atoms with Crippen molar-refractivity contribution in [2.75, 3.05) is 27.2 Å². The second-order valence-electron chi connectivity index (χ2n) is 5.99. The number of aliphatic imine (C=N–C) groups is 1. The third-order valence-corrected chi connectivity index (χ3v) is 4.35. The van der Waals surface area contributed by atoms with E-state index in [1.165, 1.54) is 12.8 Å². The molecule has 0 aromatic heterocycles. The summed E-state index contributed by atoms with van der Waals surface area (Å²) in [5, 5.41) is 0. The van der Waals surface area contributed by atoms with Gasteiger partial charge in [-0.2, -0.15) is 0 Å². The predicted molar refractivity (Wildman–Crippen MR) is 78.3 cm³/mol. The van der Waals surface area contributed by atoms with E-state index >= 15 is 0 Å². The van der Waals surface area contributed by atoms with Crippen molar-refractivity contribution >= 4 is 12.1 Å². The van der Waals surface area contributed by atoms with E-state index in [-0.39, 0.29) is 11.6 Å². The molecule has 0 aromatic rings. The molecule has 2 aliphatic heterocycles. The Kier molecular flexibility index (Phi) is 4.40. The number of piperidine rings is 1. The molecule has 1 saturated heterocycles. The molecule has 0 aromatic carbocycles. The van der Waals surface area contributed by atoms with Crippen LogP contribution in [0.2, 0.25) is 0 Å². The molecule has 1 unspecified atom stereocenters. The Balaban J connectivity index is 1.75. The van der Waals surface area contributed by atoms with Gasteiger partial charge < -0.3 is 4.90 Å². The lowest BCUT2D eigenvalue weighted by Crippen LogP contribution is -2.47. The lowest BCUT2D eigenvalue weighted by atomic mass is 9.90. The highest BCUT2D eigenvalue weighted by Gasteiger charge is 2.32. The van der Waals surface area contributed by atoms with Crippen molar-refractivity contribution in [3.63, 3.8) is 0 Å². The van der Waals surface area contributed by atoms with E-state index in [1.54, 1.807) is 4.90 Å². The van der Waals surface area contributed by atoms with Crippen LogP contribution in [0.5, 0.6) is 0 Å². The number of carbonyl (C=O) groups is 1. The molecule has 4 nitrogen and oxygen atoms in total. The van der Waals surface area contributed by atoms with Gasteiger partial charge in [-0.15, -0.1) is 0 Å². The molecule has 106 valence electrons. The van der Waals surface area contributed by atoms with Crippen LogP contribution in [-0.2, 0) is 4.79 Å². The maximum Gasteiger partial charge on any atom is 0.222 e. The predicted octanol–water partition coefficient (Wildman–Crippen LogP) is 1.92. The monoisotopic (exact) mass is 263 g/mol. The van der Waals surface area contributed by atoms with Crippen LogP contribution in [0.3, 0.4) is 0 Å². The zero-order valence-electron chi connectivity index (χ0n) is 12.3. The number of likely N-dealkylation sites (tertiary alicyclic amines) is 1. The van der Waals surface area contributed by atoms with Gasteiger partial charge >= 0.3 is 0 Å². The second-order valence-corrected chi connectivity index (χ2v) is 5.99. The van der Waals surface area contributed by atoms with Crippen molar-refractivity contribution in [3.8, 4) is 0 Å². The first kappa shape index (κ1) is 14.3. The highest BCUT2D eigenvalue weighted by atomic mass is 16.2. The van der Waals surface area contributed by atoms with Crippen LogP contribution in [0.25, 0.3) is 0 Å². The quantitative estimate of drug-likeness (QED) is 0.777. The molecule has 0 bridgehead atoms. The molecule has 4 heteroatoms. The maximum absolute atomic E-state index is 11.6. The van der Waals surface area contributed by atoms with Crippen molar-refractivity contribution in [1.29, 1.82) is 0 Å². The molecule has 2 aliphatic rings. The number of carbonyl (C=O) groups excluding carboxylic acids is 1. The Morgan fingerprint density at radius 2 is 2.11 bits per heavy atom. The van der Waals surface area contributed by atoms with Gasteiger partial charge in [0.15, 0.2) is 0 Å². The first-order valence-electron chi connectivity index (χ1n) is 7.19. The van der Waals surface area contributed by atoms with Gasteiger partial charge in [-0.1, -0.05) is 0 Å². The number of hydrogen-bond acceptors (Lipinski definition) is 3. The van der Waals surface area contributed by atoms with E-state index in [9.17, 15) is 4.79 Å². The van der Waals surface area contributed by atoms with Crippen molar-refractivity contribution in [1.82, 2.24) is 9.80 Å². The summed E-state index contributed by atoms with van der Waals surface area (Å²) in [6, 6.07) is 0. The molecule has 1 fully saturated rings. The van der Waals surface area contributed by atoms with Gasteiger partial charge in [0.05, 0.1) is 0 Å². The average Bonchev–Trinajstić information content (AvgIpc) is 2.84. The SMILES string of the molecule is CN(C)C(=O)CCC1CCN(C2(C)C=CC=N2)CC1. The van der Waals surface area contributed by atoms with E-state index in [0.717, 1.165) is 19.5 Å². The minimum atomic E-state index is -0.121. The van der Waals surface area contributed by atoms with E-state index in [4.69, 9.17) is 0 Å². The molecule has 1 atom stereocenters. The van der Waals surface area contributed by atoms with Crippen LogP contribution in [0.4, 0.5) is 0 Å². The van der Waals surface area contributed by atoms with Crippen LogP contribution < -0.4 is 0 Å². The van der Waals surface area contributed by atoms with Crippen molar-refractivity contribution in [2.45, 2.75) is 38.3 Å². The third-order valence-electron chi connectivity index (χ3n) is 4.35. The van der Waals surface area contributed by atoms with Crippen LogP contribution >= 0.6 is 0 Å². The van der Waals surface area contributed by atoms with Crippen LogP contribution in [0, 0.1) is 5.92 Å². The lowest BCUT2D eigenvalue weighted by Gasteiger charge is -2.40. The van der Waals surface area contributed by atoms with Gasteiger partial charge in [0, 0.05) is 39.8 Å². The minimum absolute atomic E-state index is 0.121. The van der Waals surface area contributed by atoms with Crippen LogP contribution in [-0.4, -0.2) is 54.8 Å². The summed E-state index contributed by atoms with van der Waals surface area (Å²) < 4.78 is 0. The number of amides is 1. The smallest absolute Gasteiger partial charge is 0.222 e. The Hall–Kier alpha value is -1.16. The number of nitrogens with zero attached hydrogens (tertiary/aromatic N) is 3. The number of rotatable bonds is 4. The molecule has 1 amide bonds. The molecule has 0 spiro atoms. The first-order valence-corrected chi connectivity index (χ1v) is 7.19. The molecule has 0 radical (unpaired) electrons. The lowest BCUT2D eigenvalue weighted by molar-refractivity contribution is -0.129. The van der Waals surface area contributed by atoms with Crippen molar-refractivity contribution < 1.29 is 4.79 Å². The highest BCUT2D eigenvalue weighted by Crippen LogP contribution is 2.29. The summed E-state index contributed by atoms with van der Waals surface area (Å²) in [6.45, 7) is 4.33. The van der Waals surface area contributed by atoms with Crippen LogP contribution in [0.1, 0.15) is 32.6 Å². The summed E-state index contributed by atoms with van der Waals surface area (Å²) in [5.74, 6) is 0.941. The Bertz CT molecular complexity index is 367. The van der Waals surface area contributed by atoms with E-state index in [2.05, 4.69) is 22.9 Å². The maximum atomic E-state index is 11.6. The Morgan fingerprint density at radius 1 is 1.42 bits per heavy atom. The molecular weight excluding hydrogens is 238 g/mol.